The average Bonchev–Trinajstić information content (AvgIpc) is 2.27. The van der Waals surface area contributed by atoms with Crippen LogP contribution in [-0.2, 0) is 4.74 Å². The van der Waals surface area contributed by atoms with E-state index < -0.39 is 5.97 Å². The number of rotatable bonds is 4. The number of esters is 1. The lowest BCUT2D eigenvalue weighted by Gasteiger charge is -2.07. The smallest absolute Gasteiger partial charge is 0.338 e. The minimum Gasteiger partial charge on any atom is -0.462 e. The summed E-state index contributed by atoms with van der Waals surface area (Å²) in [7, 11) is 0. The highest BCUT2D eigenvalue weighted by Crippen LogP contribution is 2.17. The van der Waals surface area contributed by atoms with Gasteiger partial charge in [0.2, 0.25) is 0 Å². The largest absolute Gasteiger partial charge is 0.462 e. The van der Waals surface area contributed by atoms with Crippen molar-refractivity contribution >= 4 is 33.4 Å². The van der Waals surface area contributed by atoms with Crippen LogP contribution in [0.15, 0.2) is 18.2 Å². The number of halogens is 1. The predicted molar refractivity (Wildman–Crippen MR) is 69.5 cm³/mol. The van der Waals surface area contributed by atoms with Gasteiger partial charge in [0.05, 0.1) is 17.0 Å². The number of hydrogen-bond acceptors (Lipinski definition) is 4. The van der Waals surface area contributed by atoms with E-state index in [0.29, 0.717) is 16.8 Å². The summed E-state index contributed by atoms with van der Waals surface area (Å²) in [6.07, 6.45) is 0. The highest BCUT2D eigenvalue weighted by molar-refractivity contribution is 9.10. The fourth-order valence-electron chi connectivity index (χ4n) is 1.36. The Balaban J connectivity index is 3.10. The van der Waals surface area contributed by atoms with Crippen LogP contribution in [0.5, 0.6) is 0 Å². The molecule has 0 spiro atoms. The van der Waals surface area contributed by atoms with Crippen LogP contribution < -0.4 is 5.73 Å². The number of ether oxygens (including phenoxy) is 1. The van der Waals surface area contributed by atoms with Gasteiger partial charge >= 0.3 is 5.97 Å². The van der Waals surface area contributed by atoms with Crippen LogP contribution in [0, 0.1) is 0 Å². The first-order valence-corrected chi connectivity index (χ1v) is 6.13. The quantitative estimate of drug-likeness (QED) is 0.401. The summed E-state index contributed by atoms with van der Waals surface area (Å²) in [5.74, 6) is -0.598. The molecule has 4 nitrogen and oxygen atoms in total. The number of ketones is 1. The molecule has 0 aromatic heterocycles. The minimum atomic E-state index is -0.476. The number of hydrogen-bond donors (Lipinski definition) is 1. The molecule has 0 aliphatic carbocycles. The zero-order chi connectivity index (χ0) is 13.0. The van der Waals surface area contributed by atoms with Crippen molar-refractivity contribution in [1.82, 2.24) is 0 Å². The summed E-state index contributed by atoms with van der Waals surface area (Å²) in [6, 6.07) is 4.53. The van der Waals surface area contributed by atoms with Crippen molar-refractivity contribution in [2.45, 2.75) is 18.7 Å². The number of carbonyl (C=O) groups is 2. The van der Waals surface area contributed by atoms with Gasteiger partial charge in [-0.1, -0.05) is 15.9 Å². The summed E-state index contributed by atoms with van der Waals surface area (Å²) in [5.41, 5.74) is 6.72. The van der Waals surface area contributed by atoms with Gasteiger partial charge < -0.3 is 10.5 Å². The van der Waals surface area contributed by atoms with Crippen molar-refractivity contribution in [2.24, 2.45) is 0 Å². The van der Waals surface area contributed by atoms with Gasteiger partial charge in [-0.3, -0.25) is 4.79 Å². The number of nitrogens with two attached hydrogens (primary N) is 1. The maximum atomic E-state index is 11.8. The Kier molecular flexibility index (Phi) is 4.69. The van der Waals surface area contributed by atoms with E-state index in [1.54, 1.807) is 19.9 Å². The van der Waals surface area contributed by atoms with Crippen LogP contribution in [0.25, 0.3) is 0 Å². The third kappa shape index (κ3) is 3.56. The summed E-state index contributed by atoms with van der Waals surface area (Å²) in [6.45, 7) is 3.72. The molecule has 0 bridgehead atoms. The van der Waals surface area contributed by atoms with Gasteiger partial charge in [0.15, 0.2) is 5.78 Å². The van der Waals surface area contributed by atoms with Gasteiger partial charge in [0, 0.05) is 11.3 Å². The number of alkyl halides is 1. The Morgan fingerprint density at radius 1 is 1.35 bits per heavy atom. The fraction of sp³-hybridized carbons (Fsp3) is 0.333. The Morgan fingerprint density at radius 2 is 1.94 bits per heavy atom. The maximum Gasteiger partial charge on any atom is 0.338 e. The second kappa shape index (κ2) is 5.82. The molecule has 92 valence electrons. The highest BCUT2D eigenvalue weighted by atomic mass is 79.9. The Bertz CT molecular complexity index is 443. The van der Waals surface area contributed by atoms with E-state index >= 15 is 0 Å². The summed E-state index contributed by atoms with van der Waals surface area (Å²) < 4.78 is 4.86. The van der Waals surface area contributed by atoms with E-state index in [0.717, 1.165) is 0 Å². The van der Waals surface area contributed by atoms with Crippen LogP contribution >= 0.6 is 15.9 Å². The van der Waals surface area contributed by atoms with Crippen molar-refractivity contribution in [3.05, 3.63) is 29.3 Å². The lowest BCUT2D eigenvalue weighted by atomic mass is 10.0. The average molecular weight is 300 g/mol. The number of nitrogen functional groups attached to an aromatic ring is 1. The molecule has 0 heterocycles. The van der Waals surface area contributed by atoms with Crippen LogP contribution in [0.1, 0.15) is 34.6 Å². The SMILES string of the molecule is CCOC(=O)c1cc(N)cc(C(=O)C(C)Br)c1. The lowest BCUT2D eigenvalue weighted by Crippen LogP contribution is -2.13. The summed E-state index contributed by atoms with van der Waals surface area (Å²) >= 11 is 3.19. The summed E-state index contributed by atoms with van der Waals surface area (Å²) in [4.78, 5) is 23.0. The van der Waals surface area contributed by atoms with Crippen LogP contribution in [0.4, 0.5) is 5.69 Å². The van der Waals surface area contributed by atoms with Gasteiger partial charge in [-0.05, 0) is 32.0 Å². The molecular formula is C12H14BrNO3. The van der Waals surface area contributed by atoms with Crippen molar-refractivity contribution in [3.8, 4) is 0 Å². The van der Waals surface area contributed by atoms with E-state index in [1.165, 1.54) is 12.1 Å². The van der Waals surface area contributed by atoms with Crippen molar-refractivity contribution in [1.29, 1.82) is 0 Å². The molecule has 17 heavy (non-hydrogen) atoms. The van der Waals surface area contributed by atoms with Gasteiger partial charge in [-0.15, -0.1) is 0 Å². The number of anilines is 1. The molecule has 0 aliphatic heterocycles. The Labute approximate surface area is 108 Å². The molecule has 1 aromatic rings. The van der Waals surface area contributed by atoms with Gasteiger partial charge in [0.25, 0.3) is 0 Å². The van der Waals surface area contributed by atoms with E-state index in [4.69, 9.17) is 10.5 Å². The standard InChI is InChI=1S/C12H14BrNO3/c1-3-17-12(16)9-4-8(5-10(14)6-9)11(15)7(2)13/h4-7H,3,14H2,1-2H3. The minimum absolute atomic E-state index is 0.122. The highest BCUT2D eigenvalue weighted by Gasteiger charge is 2.16. The van der Waals surface area contributed by atoms with Gasteiger partial charge in [-0.25, -0.2) is 4.79 Å². The van der Waals surface area contributed by atoms with Crippen molar-refractivity contribution < 1.29 is 14.3 Å². The van der Waals surface area contributed by atoms with Crippen LogP contribution in [0.3, 0.4) is 0 Å². The second-order valence-corrected chi connectivity index (χ2v) is 4.92. The Hall–Kier alpha value is -1.36. The van der Waals surface area contributed by atoms with E-state index in [2.05, 4.69) is 15.9 Å². The first kappa shape index (κ1) is 13.7. The lowest BCUT2D eigenvalue weighted by molar-refractivity contribution is 0.0526. The molecule has 5 heteroatoms. The number of Topliss-reactive ketones (excluding diaryl/α,β-unsaturated/α-hetero) is 1. The van der Waals surface area contributed by atoms with E-state index in [-0.39, 0.29) is 17.2 Å². The zero-order valence-electron chi connectivity index (χ0n) is 9.70. The normalized spacial score (nSPS) is 11.9. The summed E-state index contributed by atoms with van der Waals surface area (Å²) in [5, 5.41) is 0. The molecule has 0 fully saturated rings. The third-order valence-corrected chi connectivity index (χ3v) is 2.53. The topological polar surface area (TPSA) is 69.4 Å². The van der Waals surface area contributed by atoms with Crippen LogP contribution in [-0.4, -0.2) is 23.2 Å². The van der Waals surface area contributed by atoms with Gasteiger partial charge in [0.1, 0.15) is 0 Å². The molecule has 1 aromatic carbocycles. The van der Waals surface area contributed by atoms with Gasteiger partial charge in [-0.2, -0.15) is 0 Å². The first-order chi connectivity index (χ1) is 7.95. The van der Waals surface area contributed by atoms with E-state index in [9.17, 15) is 9.59 Å². The van der Waals surface area contributed by atoms with Crippen molar-refractivity contribution in [2.75, 3.05) is 12.3 Å². The fourth-order valence-corrected chi connectivity index (χ4v) is 1.62. The molecule has 1 rings (SSSR count). The monoisotopic (exact) mass is 299 g/mol. The first-order valence-electron chi connectivity index (χ1n) is 5.21. The molecule has 2 N–H and O–H groups in total. The van der Waals surface area contributed by atoms with Crippen LogP contribution in [0.2, 0.25) is 0 Å². The third-order valence-electron chi connectivity index (χ3n) is 2.11. The van der Waals surface area contributed by atoms with E-state index in [1.807, 2.05) is 0 Å². The molecule has 0 amide bonds. The zero-order valence-corrected chi connectivity index (χ0v) is 11.3. The molecule has 1 unspecified atom stereocenters. The second-order valence-electron chi connectivity index (χ2n) is 3.54. The molecule has 1 atom stereocenters. The Morgan fingerprint density at radius 3 is 2.47 bits per heavy atom. The number of benzene rings is 1. The van der Waals surface area contributed by atoms with Crippen molar-refractivity contribution in [3.63, 3.8) is 0 Å². The molecule has 0 saturated heterocycles. The predicted octanol–water partition coefficient (Wildman–Crippen LogP) is 2.41. The molecule has 0 aliphatic rings. The molecule has 0 saturated carbocycles. The molecule has 0 radical (unpaired) electrons. The number of carbonyl (C=O) groups excluding carboxylic acids is 2. The maximum absolute atomic E-state index is 11.8. The molecular weight excluding hydrogens is 286 g/mol.